The fourth-order valence-corrected chi connectivity index (χ4v) is 4.32. The Kier molecular flexibility index (Phi) is 8.43. The minimum Gasteiger partial charge on any atom is -0.496 e. The molecule has 1 heterocycles. The van der Waals surface area contributed by atoms with Gasteiger partial charge in [-0.25, -0.2) is 0 Å². The molecule has 186 valence electrons. The number of nitrogens with zero attached hydrogens (tertiary/aromatic N) is 3. The second-order valence-electron chi connectivity index (χ2n) is 8.46. The molecule has 1 aliphatic carbocycles. The molecule has 0 unspecified atom stereocenters. The lowest BCUT2D eigenvalue weighted by atomic mass is 9.96. The van der Waals surface area contributed by atoms with Crippen LogP contribution in [0, 0.1) is 0 Å². The maximum absolute atomic E-state index is 5.56. The van der Waals surface area contributed by atoms with Crippen molar-refractivity contribution in [1.29, 1.82) is 0 Å². The fraction of sp³-hybridized carbons (Fsp3) is 0.423. The van der Waals surface area contributed by atoms with Gasteiger partial charge in [-0.2, -0.15) is 15.0 Å². The van der Waals surface area contributed by atoms with Gasteiger partial charge in [0.1, 0.15) is 5.75 Å². The van der Waals surface area contributed by atoms with Gasteiger partial charge in [-0.1, -0.05) is 49.6 Å². The highest BCUT2D eigenvalue weighted by Crippen LogP contribution is 2.31. The number of ether oxygens (including phenoxy) is 3. The van der Waals surface area contributed by atoms with Crippen molar-refractivity contribution in [2.75, 3.05) is 37.3 Å². The minimum absolute atomic E-state index is 0.375. The Labute approximate surface area is 206 Å². The summed E-state index contributed by atoms with van der Waals surface area (Å²) in [5, 5.41) is 10.2. The summed E-state index contributed by atoms with van der Waals surface area (Å²) in [6.45, 7) is 0.999. The van der Waals surface area contributed by atoms with E-state index >= 15 is 0 Å². The van der Waals surface area contributed by atoms with E-state index in [4.69, 9.17) is 14.2 Å². The minimum atomic E-state index is 0.375. The molecular weight excluding hydrogens is 444 g/mol. The number of aromatic nitrogens is 3. The molecular formula is C26H34N6O3. The summed E-state index contributed by atoms with van der Waals surface area (Å²) in [7, 11) is 4.93. The summed E-state index contributed by atoms with van der Waals surface area (Å²) >= 11 is 0. The lowest BCUT2D eigenvalue weighted by molar-refractivity contribution is 0.352. The highest BCUT2D eigenvalue weighted by Gasteiger charge is 2.16. The van der Waals surface area contributed by atoms with Gasteiger partial charge in [0.25, 0.3) is 0 Å². The Balaban J connectivity index is 1.53. The van der Waals surface area contributed by atoms with Crippen LogP contribution in [0.15, 0.2) is 42.5 Å². The number of methoxy groups -OCH3 is 3. The molecule has 2 aromatic carbocycles. The topological polar surface area (TPSA) is 102 Å². The van der Waals surface area contributed by atoms with Gasteiger partial charge in [0, 0.05) is 30.3 Å². The molecule has 9 nitrogen and oxygen atoms in total. The Morgan fingerprint density at radius 3 is 1.97 bits per heavy atom. The largest absolute Gasteiger partial charge is 0.496 e. The van der Waals surface area contributed by atoms with Crippen molar-refractivity contribution < 1.29 is 14.2 Å². The number of hydrogen-bond donors (Lipinski definition) is 3. The molecule has 3 aromatic rings. The van der Waals surface area contributed by atoms with Crippen LogP contribution in [0.2, 0.25) is 0 Å². The second-order valence-corrected chi connectivity index (χ2v) is 8.46. The van der Waals surface area contributed by atoms with Gasteiger partial charge in [-0.15, -0.1) is 0 Å². The van der Waals surface area contributed by atoms with Crippen molar-refractivity contribution in [1.82, 2.24) is 15.0 Å². The average Bonchev–Trinajstić information content (AvgIpc) is 2.91. The van der Waals surface area contributed by atoms with E-state index in [2.05, 4.69) is 30.9 Å². The molecule has 4 rings (SSSR count). The first-order valence-corrected chi connectivity index (χ1v) is 12.0. The van der Waals surface area contributed by atoms with Crippen LogP contribution in [0.3, 0.4) is 0 Å². The molecule has 0 atom stereocenters. The molecule has 0 bridgehead atoms. The highest BCUT2D eigenvalue weighted by molar-refractivity contribution is 5.49. The summed E-state index contributed by atoms with van der Waals surface area (Å²) in [4.78, 5) is 13.9. The SMILES string of the molecule is COc1ccccc1CNc1nc(NCc2cccc(OC)c2OC)nc(NC2CCCCC2)n1. The van der Waals surface area contributed by atoms with E-state index in [9.17, 15) is 0 Å². The monoisotopic (exact) mass is 478 g/mol. The van der Waals surface area contributed by atoms with Crippen molar-refractivity contribution in [3.8, 4) is 17.2 Å². The molecule has 0 saturated heterocycles. The van der Waals surface area contributed by atoms with E-state index in [-0.39, 0.29) is 0 Å². The van der Waals surface area contributed by atoms with E-state index in [0.717, 1.165) is 29.7 Å². The standard InChI is InChI=1S/C26H34N6O3/c1-33-21-14-8-7-10-18(21)16-27-24-30-25(32-26(31-24)29-20-12-5-4-6-13-20)28-17-19-11-9-15-22(34-2)23(19)35-3/h7-11,14-15,20H,4-6,12-13,16-17H2,1-3H3,(H3,27,28,29,30,31,32). The maximum Gasteiger partial charge on any atom is 0.229 e. The fourth-order valence-electron chi connectivity index (χ4n) is 4.32. The van der Waals surface area contributed by atoms with Crippen LogP contribution in [-0.4, -0.2) is 42.3 Å². The van der Waals surface area contributed by atoms with Gasteiger partial charge in [-0.05, 0) is 25.0 Å². The lowest BCUT2D eigenvalue weighted by Gasteiger charge is -2.23. The Bertz CT molecular complexity index is 1100. The molecule has 0 aliphatic heterocycles. The van der Waals surface area contributed by atoms with Crippen molar-refractivity contribution in [3.63, 3.8) is 0 Å². The number of anilines is 3. The number of rotatable bonds is 11. The van der Waals surface area contributed by atoms with Crippen LogP contribution in [0.5, 0.6) is 17.2 Å². The molecule has 0 radical (unpaired) electrons. The smallest absolute Gasteiger partial charge is 0.229 e. The summed E-state index contributed by atoms with van der Waals surface area (Å²) < 4.78 is 16.4. The number of benzene rings is 2. The van der Waals surface area contributed by atoms with Crippen LogP contribution in [0.4, 0.5) is 17.8 Å². The number of para-hydroxylation sites is 2. The zero-order chi connectivity index (χ0) is 24.5. The number of nitrogens with one attached hydrogen (secondary N) is 3. The van der Waals surface area contributed by atoms with Gasteiger partial charge >= 0.3 is 0 Å². The first-order chi connectivity index (χ1) is 17.2. The molecule has 1 saturated carbocycles. The normalized spacial score (nSPS) is 13.7. The third kappa shape index (κ3) is 6.44. The second kappa shape index (κ2) is 12.1. The van der Waals surface area contributed by atoms with Crippen molar-refractivity contribution >= 4 is 17.8 Å². The van der Waals surface area contributed by atoms with E-state index in [1.165, 1.54) is 19.3 Å². The molecule has 3 N–H and O–H groups in total. The van der Waals surface area contributed by atoms with Crippen LogP contribution in [0.1, 0.15) is 43.2 Å². The van der Waals surface area contributed by atoms with E-state index in [1.54, 1.807) is 21.3 Å². The van der Waals surface area contributed by atoms with Crippen molar-refractivity contribution in [2.24, 2.45) is 0 Å². The molecule has 1 fully saturated rings. The summed E-state index contributed by atoms with van der Waals surface area (Å²) in [6, 6.07) is 14.1. The van der Waals surface area contributed by atoms with Crippen molar-refractivity contribution in [2.45, 2.75) is 51.2 Å². The van der Waals surface area contributed by atoms with Crippen LogP contribution >= 0.6 is 0 Å². The summed E-state index contributed by atoms with van der Waals surface area (Å²) in [6.07, 6.45) is 5.99. The van der Waals surface area contributed by atoms with E-state index < -0.39 is 0 Å². The molecule has 0 amide bonds. The summed E-state index contributed by atoms with van der Waals surface area (Å²) in [5.74, 6) is 3.72. The van der Waals surface area contributed by atoms with Gasteiger partial charge in [-0.3, -0.25) is 0 Å². The quantitative estimate of drug-likeness (QED) is 0.356. The van der Waals surface area contributed by atoms with Gasteiger partial charge in [0.15, 0.2) is 11.5 Å². The Hall–Kier alpha value is -3.75. The third-order valence-electron chi connectivity index (χ3n) is 6.12. The predicted octanol–water partition coefficient (Wildman–Crippen LogP) is 4.87. The Morgan fingerprint density at radius 1 is 0.686 bits per heavy atom. The zero-order valence-corrected chi connectivity index (χ0v) is 20.6. The molecule has 0 spiro atoms. The van der Waals surface area contributed by atoms with Crippen molar-refractivity contribution in [3.05, 3.63) is 53.6 Å². The zero-order valence-electron chi connectivity index (χ0n) is 20.6. The van der Waals surface area contributed by atoms with Gasteiger partial charge < -0.3 is 30.2 Å². The summed E-state index contributed by atoms with van der Waals surface area (Å²) in [5.41, 5.74) is 1.96. The van der Waals surface area contributed by atoms with Gasteiger partial charge in [0.05, 0.1) is 21.3 Å². The first kappa shape index (κ1) is 24.4. The molecule has 1 aliphatic rings. The third-order valence-corrected chi connectivity index (χ3v) is 6.12. The predicted molar refractivity (Wildman–Crippen MR) is 138 cm³/mol. The van der Waals surface area contributed by atoms with Gasteiger partial charge in [0.2, 0.25) is 17.8 Å². The first-order valence-electron chi connectivity index (χ1n) is 12.0. The lowest BCUT2D eigenvalue weighted by Crippen LogP contribution is -2.24. The van der Waals surface area contributed by atoms with Crippen LogP contribution in [0.25, 0.3) is 0 Å². The van der Waals surface area contributed by atoms with E-state index in [1.807, 2.05) is 42.5 Å². The molecule has 9 heteroatoms. The van der Waals surface area contributed by atoms with E-state index in [0.29, 0.717) is 48.5 Å². The maximum atomic E-state index is 5.56. The van der Waals surface area contributed by atoms with Crippen LogP contribution < -0.4 is 30.2 Å². The molecule has 35 heavy (non-hydrogen) atoms. The average molecular weight is 479 g/mol. The Morgan fingerprint density at radius 2 is 1.29 bits per heavy atom. The van der Waals surface area contributed by atoms with Crippen LogP contribution in [-0.2, 0) is 13.1 Å². The molecule has 1 aromatic heterocycles. The highest BCUT2D eigenvalue weighted by atomic mass is 16.5. The number of hydrogen-bond acceptors (Lipinski definition) is 9.